The number of carbonyl (C=O) groups excluding carboxylic acids is 2. The highest BCUT2D eigenvalue weighted by molar-refractivity contribution is 6.39. The zero-order chi connectivity index (χ0) is 17.7. The van der Waals surface area contributed by atoms with Crippen molar-refractivity contribution in [2.75, 3.05) is 52.8 Å². The Morgan fingerprint density at radius 3 is 2.25 bits per heavy atom. The highest BCUT2D eigenvalue weighted by atomic mass is 35.5. The van der Waals surface area contributed by atoms with Crippen molar-refractivity contribution in [3.05, 3.63) is 17.2 Å². The summed E-state index contributed by atoms with van der Waals surface area (Å²) in [5.41, 5.74) is 2.90. The average Bonchev–Trinajstić information content (AvgIpc) is 2.57. The molecule has 132 valence electrons. The van der Waals surface area contributed by atoms with E-state index in [1.54, 1.807) is 5.01 Å². The number of anilines is 1. The molecule has 1 fully saturated rings. The molecule has 0 aliphatic carbocycles. The van der Waals surface area contributed by atoms with Crippen LogP contribution in [0, 0.1) is 0 Å². The molecule has 9 heteroatoms. The Balaban J connectivity index is 2.02. The topological polar surface area (TPSA) is 83.1 Å². The number of nitrogens with zero attached hydrogens (tertiary/aromatic N) is 2. The zero-order valence-electron chi connectivity index (χ0n) is 13.9. The van der Waals surface area contributed by atoms with Crippen molar-refractivity contribution in [3.63, 3.8) is 0 Å². The fraction of sp³-hybridized carbons (Fsp3) is 0.467. The van der Waals surface area contributed by atoms with Gasteiger partial charge >= 0.3 is 11.8 Å². The van der Waals surface area contributed by atoms with Crippen molar-refractivity contribution >= 4 is 29.1 Å². The molecule has 2 N–H and O–H groups in total. The van der Waals surface area contributed by atoms with Crippen LogP contribution in [0.3, 0.4) is 0 Å². The van der Waals surface area contributed by atoms with Crippen molar-refractivity contribution in [1.82, 2.24) is 15.3 Å². The number of rotatable bonds is 4. The first-order valence-corrected chi connectivity index (χ1v) is 7.79. The fourth-order valence-corrected chi connectivity index (χ4v) is 2.48. The van der Waals surface area contributed by atoms with Gasteiger partial charge in [-0.05, 0) is 7.05 Å². The number of ether oxygens (including phenoxy) is 2. The van der Waals surface area contributed by atoms with E-state index in [0.29, 0.717) is 35.3 Å². The first-order valence-electron chi connectivity index (χ1n) is 7.41. The van der Waals surface area contributed by atoms with Crippen LogP contribution in [-0.4, -0.2) is 69.2 Å². The van der Waals surface area contributed by atoms with Gasteiger partial charge in [0.1, 0.15) is 11.5 Å². The lowest BCUT2D eigenvalue weighted by atomic mass is 10.2. The third kappa shape index (κ3) is 4.50. The fourth-order valence-electron chi connectivity index (χ4n) is 2.25. The molecule has 0 bridgehead atoms. The van der Waals surface area contributed by atoms with Crippen molar-refractivity contribution in [2.24, 2.45) is 0 Å². The van der Waals surface area contributed by atoms with E-state index < -0.39 is 11.8 Å². The molecule has 2 amide bonds. The summed E-state index contributed by atoms with van der Waals surface area (Å²) in [6.45, 7) is 2.97. The second kappa shape index (κ2) is 8.18. The number of hydrazine groups is 1. The molecule has 1 heterocycles. The molecule has 2 rings (SSSR count). The third-order valence-corrected chi connectivity index (χ3v) is 3.99. The predicted molar refractivity (Wildman–Crippen MR) is 90.4 cm³/mol. The Bertz CT molecular complexity index is 618. The van der Waals surface area contributed by atoms with Crippen LogP contribution in [0.4, 0.5) is 5.69 Å². The molecule has 0 atom stereocenters. The SMILES string of the molecule is COc1cc(NC(=O)C(=O)NN2CCN(C)CC2)c(OC)cc1Cl. The number of halogens is 1. The summed E-state index contributed by atoms with van der Waals surface area (Å²) in [6, 6.07) is 3.01. The van der Waals surface area contributed by atoms with Gasteiger partial charge in [0.25, 0.3) is 0 Å². The van der Waals surface area contributed by atoms with Gasteiger partial charge in [0, 0.05) is 38.3 Å². The Hall–Kier alpha value is -2.03. The predicted octanol–water partition coefficient (Wildman–Crippen LogP) is 0.574. The zero-order valence-corrected chi connectivity index (χ0v) is 14.6. The largest absolute Gasteiger partial charge is 0.495 e. The maximum absolute atomic E-state index is 12.1. The number of hydrogen-bond acceptors (Lipinski definition) is 6. The minimum atomic E-state index is -0.795. The van der Waals surface area contributed by atoms with E-state index in [-0.39, 0.29) is 0 Å². The van der Waals surface area contributed by atoms with Crippen molar-refractivity contribution in [3.8, 4) is 11.5 Å². The van der Waals surface area contributed by atoms with Crippen LogP contribution in [-0.2, 0) is 9.59 Å². The van der Waals surface area contributed by atoms with E-state index in [2.05, 4.69) is 15.6 Å². The number of likely N-dealkylation sites (N-methyl/N-ethyl adjacent to an activating group) is 1. The molecule has 1 aliphatic rings. The second-order valence-electron chi connectivity index (χ2n) is 5.37. The van der Waals surface area contributed by atoms with Gasteiger partial charge in [-0.25, -0.2) is 5.01 Å². The lowest BCUT2D eigenvalue weighted by molar-refractivity contribution is -0.139. The van der Waals surface area contributed by atoms with Gasteiger partial charge in [-0.1, -0.05) is 11.6 Å². The van der Waals surface area contributed by atoms with Gasteiger partial charge in [0.2, 0.25) is 0 Å². The number of nitrogens with one attached hydrogen (secondary N) is 2. The molecule has 8 nitrogen and oxygen atoms in total. The van der Waals surface area contributed by atoms with Crippen LogP contribution < -0.4 is 20.2 Å². The highest BCUT2D eigenvalue weighted by Gasteiger charge is 2.21. The van der Waals surface area contributed by atoms with Gasteiger partial charge in [-0.2, -0.15) is 0 Å². The smallest absolute Gasteiger partial charge is 0.323 e. The molecular weight excluding hydrogens is 336 g/mol. The molecule has 1 aromatic rings. The van der Waals surface area contributed by atoms with Crippen LogP contribution >= 0.6 is 11.6 Å². The first kappa shape index (κ1) is 18.3. The van der Waals surface area contributed by atoms with Crippen LogP contribution in [0.25, 0.3) is 0 Å². The van der Waals surface area contributed by atoms with Gasteiger partial charge in [0.15, 0.2) is 0 Å². The van der Waals surface area contributed by atoms with Gasteiger partial charge in [-0.15, -0.1) is 0 Å². The molecule has 1 aliphatic heterocycles. The minimum absolute atomic E-state index is 0.303. The van der Waals surface area contributed by atoms with Gasteiger partial charge in [0.05, 0.1) is 24.9 Å². The molecule has 1 aromatic carbocycles. The van der Waals surface area contributed by atoms with Crippen LogP contribution in [0.15, 0.2) is 12.1 Å². The molecular formula is C15H21ClN4O4. The Labute approximate surface area is 145 Å². The Morgan fingerprint density at radius 2 is 1.67 bits per heavy atom. The number of benzene rings is 1. The van der Waals surface area contributed by atoms with Crippen LogP contribution in [0.5, 0.6) is 11.5 Å². The lowest BCUT2D eigenvalue weighted by Gasteiger charge is -2.32. The van der Waals surface area contributed by atoms with Gasteiger partial charge < -0.3 is 19.7 Å². The van der Waals surface area contributed by atoms with E-state index in [4.69, 9.17) is 21.1 Å². The summed E-state index contributed by atoms with van der Waals surface area (Å²) in [6.07, 6.45) is 0. The number of piperazine rings is 1. The minimum Gasteiger partial charge on any atom is -0.495 e. The number of hydrogen-bond donors (Lipinski definition) is 2. The number of amides is 2. The molecule has 0 saturated carbocycles. The summed E-state index contributed by atoms with van der Waals surface area (Å²) < 4.78 is 10.3. The molecule has 0 aromatic heterocycles. The summed E-state index contributed by atoms with van der Waals surface area (Å²) in [5.74, 6) is -0.832. The summed E-state index contributed by atoms with van der Waals surface area (Å²) in [5, 5.41) is 4.58. The van der Waals surface area contributed by atoms with E-state index in [1.807, 2.05) is 7.05 Å². The summed E-state index contributed by atoms with van der Waals surface area (Å²) >= 11 is 6.01. The van der Waals surface area contributed by atoms with E-state index >= 15 is 0 Å². The van der Waals surface area contributed by atoms with E-state index in [0.717, 1.165) is 13.1 Å². The normalized spacial score (nSPS) is 15.7. The van der Waals surface area contributed by atoms with E-state index in [1.165, 1.54) is 26.4 Å². The Morgan fingerprint density at radius 1 is 1.04 bits per heavy atom. The van der Waals surface area contributed by atoms with Crippen molar-refractivity contribution in [1.29, 1.82) is 0 Å². The second-order valence-corrected chi connectivity index (χ2v) is 5.78. The van der Waals surface area contributed by atoms with Crippen LogP contribution in [0.2, 0.25) is 5.02 Å². The molecule has 0 unspecified atom stereocenters. The lowest BCUT2D eigenvalue weighted by Crippen LogP contribution is -2.54. The number of carbonyl (C=O) groups is 2. The van der Waals surface area contributed by atoms with Crippen molar-refractivity contribution < 1.29 is 19.1 Å². The maximum atomic E-state index is 12.1. The first-order chi connectivity index (χ1) is 11.4. The number of methoxy groups -OCH3 is 2. The Kier molecular flexibility index (Phi) is 6.24. The molecule has 0 radical (unpaired) electrons. The van der Waals surface area contributed by atoms with Gasteiger partial charge in [-0.3, -0.25) is 15.0 Å². The molecule has 1 saturated heterocycles. The van der Waals surface area contributed by atoms with E-state index in [9.17, 15) is 9.59 Å². The summed E-state index contributed by atoms with van der Waals surface area (Å²) in [4.78, 5) is 26.3. The monoisotopic (exact) mass is 356 g/mol. The third-order valence-electron chi connectivity index (χ3n) is 3.69. The highest BCUT2D eigenvalue weighted by Crippen LogP contribution is 2.35. The molecule has 24 heavy (non-hydrogen) atoms. The maximum Gasteiger partial charge on any atom is 0.323 e. The standard InChI is InChI=1S/C15H21ClN4O4/c1-19-4-6-20(7-5-19)18-15(22)14(21)17-11-9-12(23-2)10(16)8-13(11)24-3/h8-9H,4-7H2,1-3H3,(H,17,21)(H,18,22). The average molecular weight is 357 g/mol. The van der Waals surface area contributed by atoms with Crippen molar-refractivity contribution in [2.45, 2.75) is 0 Å². The molecule has 0 spiro atoms. The quantitative estimate of drug-likeness (QED) is 0.768. The van der Waals surface area contributed by atoms with Crippen LogP contribution in [0.1, 0.15) is 0 Å². The summed E-state index contributed by atoms with van der Waals surface area (Å²) in [7, 11) is 4.91.